The Bertz CT molecular complexity index is 585. The molecule has 0 fully saturated rings. The molecular formula is C20H29NO6. The third-order valence-electron chi connectivity index (χ3n) is 4.10. The highest BCUT2D eigenvalue weighted by Crippen LogP contribution is 2.14. The number of aliphatic carboxylic acids is 1. The second-order valence-corrected chi connectivity index (χ2v) is 6.43. The Morgan fingerprint density at radius 2 is 1.37 bits per heavy atom. The fraction of sp³-hybridized carbons (Fsp3) is 0.550. The van der Waals surface area contributed by atoms with E-state index in [9.17, 15) is 14.4 Å². The topological polar surface area (TPSA) is 113 Å². The summed E-state index contributed by atoms with van der Waals surface area (Å²) in [6.07, 6.45) is 8.72. The highest BCUT2D eigenvalue weighted by atomic mass is 16.5. The van der Waals surface area contributed by atoms with Crippen LogP contribution in [0.2, 0.25) is 0 Å². The van der Waals surface area contributed by atoms with Crippen LogP contribution in [-0.2, 0) is 9.59 Å². The maximum atomic E-state index is 11.3. The van der Waals surface area contributed by atoms with E-state index in [2.05, 4.69) is 5.32 Å². The van der Waals surface area contributed by atoms with Crippen LogP contribution in [0.15, 0.2) is 24.3 Å². The van der Waals surface area contributed by atoms with Gasteiger partial charge in [-0.05, 0) is 37.1 Å². The zero-order valence-corrected chi connectivity index (χ0v) is 15.6. The molecule has 0 heterocycles. The fourth-order valence-electron chi connectivity index (χ4n) is 2.59. The van der Waals surface area contributed by atoms with Crippen molar-refractivity contribution in [2.75, 3.05) is 13.2 Å². The summed E-state index contributed by atoms with van der Waals surface area (Å²) >= 11 is 0. The molecule has 0 atom stereocenters. The van der Waals surface area contributed by atoms with Crippen LogP contribution in [0.4, 0.5) is 0 Å². The summed E-state index contributed by atoms with van der Waals surface area (Å²) < 4.78 is 5.59. The molecule has 1 rings (SSSR count). The van der Waals surface area contributed by atoms with Crippen molar-refractivity contribution in [3.05, 3.63) is 29.8 Å². The van der Waals surface area contributed by atoms with Crippen molar-refractivity contribution < 1.29 is 29.3 Å². The maximum absolute atomic E-state index is 11.3. The van der Waals surface area contributed by atoms with Crippen LogP contribution in [0.1, 0.15) is 68.1 Å². The predicted octanol–water partition coefficient (Wildman–Crippen LogP) is 3.48. The minimum atomic E-state index is -1.02. The van der Waals surface area contributed by atoms with E-state index in [0.717, 1.165) is 51.4 Å². The van der Waals surface area contributed by atoms with Gasteiger partial charge in [0, 0.05) is 6.42 Å². The summed E-state index contributed by atoms with van der Waals surface area (Å²) in [4.78, 5) is 32.4. The summed E-state index contributed by atoms with van der Waals surface area (Å²) in [7, 11) is 0. The van der Waals surface area contributed by atoms with Crippen LogP contribution in [-0.4, -0.2) is 41.2 Å². The number of rotatable bonds is 15. The van der Waals surface area contributed by atoms with Crippen molar-refractivity contribution >= 4 is 17.8 Å². The minimum Gasteiger partial charge on any atom is -0.494 e. The van der Waals surface area contributed by atoms with Crippen LogP contribution in [0, 0.1) is 0 Å². The Labute approximate surface area is 159 Å². The van der Waals surface area contributed by atoms with Crippen LogP contribution >= 0.6 is 0 Å². The van der Waals surface area contributed by atoms with Gasteiger partial charge in [0.2, 0.25) is 5.91 Å². The molecule has 0 saturated heterocycles. The van der Waals surface area contributed by atoms with E-state index >= 15 is 0 Å². The Balaban J connectivity index is 1.89. The monoisotopic (exact) mass is 379 g/mol. The lowest BCUT2D eigenvalue weighted by Crippen LogP contribution is -2.28. The maximum Gasteiger partial charge on any atom is 0.335 e. The molecule has 0 aliphatic rings. The molecule has 0 aliphatic carbocycles. The number of nitrogens with one attached hydrogen (secondary N) is 1. The highest BCUT2D eigenvalue weighted by molar-refractivity contribution is 5.87. The number of carboxylic acid groups (broad SMARTS) is 2. The van der Waals surface area contributed by atoms with Gasteiger partial charge in [-0.25, -0.2) is 4.79 Å². The van der Waals surface area contributed by atoms with Gasteiger partial charge in [0.15, 0.2) is 0 Å². The zero-order chi connectivity index (χ0) is 19.9. The summed E-state index contributed by atoms with van der Waals surface area (Å²) in [6.45, 7) is 0.314. The molecule has 0 radical (unpaired) electrons. The highest BCUT2D eigenvalue weighted by Gasteiger charge is 2.03. The number of carboxylic acids is 2. The smallest absolute Gasteiger partial charge is 0.335 e. The molecule has 7 heteroatoms. The lowest BCUT2D eigenvalue weighted by Gasteiger charge is -2.06. The third-order valence-corrected chi connectivity index (χ3v) is 4.10. The molecule has 0 aromatic heterocycles. The third kappa shape index (κ3) is 11.6. The van der Waals surface area contributed by atoms with E-state index in [1.54, 1.807) is 12.1 Å². The predicted molar refractivity (Wildman–Crippen MR) is 101 cm³/mol. The summed E-state index contributed by atoms with van der Waals surface area (Å²) in [5, 5.41) is 19.6. The molecule has 0 unspecified atom stereocenters. The number of carbonyl (C=O) groups is 3. The minimum absolute atomic E-state index is 0.199. The Hall–Kier alpha value is -2.57. The second kappa shape index (κ2) is 13.6. The van der Waals surface area contributed by atoms with E-state index in [4.69, 9.17) is 14.9 Å². The molecule has 150 valence electrons. The lowest BCUT2D eigenvalue weighted by molar-refractivity contribution is -0.137. The first-order chi connectivity index (χ1) is 13.0. The lowest BCUT2D eigenvalue weighted by atomic mass is 10.1. The van der Waals surface area contributed by atoms with E-state index in [0.29, 0.717) is 18.8 Å². The number of benzene rings is 1. The summed E-state index contributed by atoms with van der Waals surface area (Å²) in [6, 6.07) is 6.41. The zero-order valence-electron chi connectivity index (χ0n) is 15.6. The molecule has 27 heavy (non-hydrogen) atoms. The van der Waals surface area contributed by atoms with Gasteiger partial charge in [0.1, 0.15) is 12.3 Å². The summed E-state index contributed by atoms with van der Waals surface area (Å²) in [5.41, 5.74) is 0.253. The van der Waals surface area contributed by atoms with Gasteiger partial charge in [-0.2, -0.15) is 0 Å². The molecule has 0 bridgehead atoms. The van der Waals surface area contributed by atoms with Crippen LogP contribution in [0.3, 0.4) is 0 Å². The molecular weight excluding hydrogens is 350 g/mol. The molecule has 3 N–H and O–H groups in total. The van der Waals surface area contributed by atoms with Crippen molar-refractivity contribution in [3.8, 4) is 5.75 Å². The fourth-order valence-corrected chi connectivity index (χ4v) is 2.59. The largest absolute Gasteiger partial charge is 0.494 e. The van der Waals surface area contributed by atoms with Crippen molar-refractivity contribution in [1.29, 1.82) is 0 Å². The SMILES string of the molecule is O=C(O)CNC(=O)CCCCCCCCCCOc1ccc(C(=O)O)cc1. The Morgan fingerprint density at radius 3 is 1.93 bits per heavy atom. The van der Waals surface area contributed by atoms with Crippen molar-refractivity contribution in [2.45, 2.75) is 57.8 Å². The summed E-state index contributed by atoms with van der Waals surface area (Å²) in [5.74, 6) is -1.48. The number of aromatic carboxylic acids is 1. The quantitative estimate of drug-likeness (QED) is 0.402. The van der Waals surface area contributed by atoms with Gasteiger partial charge in [0.25, 0.3) is 0 Å². The van der Waals surface area contributed by atoms with Gasteiger partial charge < -0.3 is 20.3 Å². The first kappa shape index (κ1) is 22.5. The van der Waals surface area contributed by atoms with Gasteiger partial charge in [0.05, 0.1) is 12.2 Å². The first-order valence-electron chi connectivity index (χ1n) is 9.43. The van der Waals surface area contributed by atoms with Crippen LogP contribution in [0.25, 0.3) is 0 Å². The normalized spacial score (nSPS) is 10.4. The molecule has 1 amide bonds. The second-order valence-electron chi connectivity index (χ2n) is 6.43. The molecule has 0 saturated carbocycles. The number of hydrogen-bond acceptors (Lipinski definition) is 4. The van der Waals surface area contributed by atoms with Gasteiger partial charge in [-0.15, -0.1) is 0 Å². The van der Waals surface area contributed by atoms with E-state index < -0.39 is 11.9 Å². The van der Waals surface area contributed by atoms with Crippen molar-refractivity contribution in [3.63, 3.8) is 0 Å². The number of ether oxygens (including phenoxy) is 1. The molecule has 1 aromatic carbocycles. The van der Waals surface area contributed by atoms with E-state index in [-0.39, 0.29) is 18.0 Å². The average molecular weight is 379 g/mol. The Kier molecular flexibility index (Phi) is 11.3. The number of carbonyl (C=O) groups excluding carboxylic acids is 1. The van der Waals surface area contributed by atoms with Gasteiger partial charge >= 0.3 is 11.9 Å². The number of hydrogen-bond donors (Lipinski definition) is 3. The van der Waals surface area contributed by atoms with E-state index in [1.807, 2.05) is 0 Å². The standard InChI is InChI=1S/C20H29NO6/c22-18(21-15-19(23)24)9-7-5-3-1-2-4-6-8-14-27-17-12-10-16(11-13-17)20(25)26/h10-13H,1-9,14-15H2,(H,21,22)(H,23,24)(H,25,26). The average Bonchev–Trinajstić information content (AvgIpc) is 2.64. The number of unbranched alkanes of at least 4 members (excludes halogenated alkanes) is 7. The molecule has 7 nitrogen and oxygen atoms in total. The molecule has 0 spiro atoms. The van der Waals surface area contributed by atoms with Crippen molar-refractivity contribution in [1.82, 2.24) is 5.32 Å². The number of amides is 1. The first-order valence-corrected chi connectivity index (χ1v) is 9.43. The van der Waals surface area contributed by atoms with Crippen LogP contribution in [0.5, 0.6) is 5.75 Å². The molecule has 1 aromatic rings. The molecule has 0 aliphatic heterocycles. The van der Waals surface area contributed by atoms with Crippen molar-refractivity contribution in [2.24, 2.45) is 0 Å². The van der Waals surface area contributed by atoms with Gasteiger partial charge in [-0.1, -0.05) is 38.5 Å². The van der Waals surface area contributed by atoms with Crippen LogP contribution < -0.4 is 10.1 Å². The van der Waals surface area contributed by atoms with Gasteiger partial charge in [-0.3, -0.25) is 9.59 Å². The Morgan fingerprint density at radius 1 is 0.815 bits per heavy atom. The van der Waals surface area contributed by atoms with E-state index in [1.165, 1.54) is 12.1 Å².